The van der Waals surface area contributed by atoms with E-state index in [2.05, 4.69) is 130 Å². The molecule has 0 bridgehead atoms. The smallest absolute Gasteiger partial charge is 0.0606 e. The van der Waals surface area contributed by atoms with Crippen molar-refractivity contribution in [3.8, 4) is 16.8 Å². The van der Waals surface area contributed by atoms with E-state index < -0.39 is 0 Å². The lowest BCUT2D eigenvalue weighted by Gasteiger charge is -2.21. The van der Waals surface area contributed by atoms with Gasteiger partial charge in [0.2, 0.25) is 0 Å². The normalized spacial score (nSPS) is 14.4. The van der Waals surface area contributed by atoms with Crippen LogP contribution in [-0.2, 0) is 10.8 Å². The van der Waals surface area contributed by atoms with Gasteiger partial charge >= 0.3 is 0 Å². The van der Waals surface area contributed by atoms with Crippen LogP contribution >= 0.6 is 22.9 Å². The van der Waals surface area contributed by atoms with Gasteiger partial charge < -0.3 is 4.57 Å². The fraction of sp³-hybridized carbons (Fsp3) is 0.189. The molecular weight excluding hydrogens is 526 g/mol. The molecule has 0 aliphatic heterocycles. The minimum Gasteiger partial charge on any atom is -0.309 e. The van der Waals surface area contributed by atoms with Crippen molar-refractivity contribution in [3.05, 3.63) is 113 Å². The molecule has 7 aromatic rings. The highest BCUT2D eigenvalue weighted by molar-refractivity contribution is 7.26. The first kappa shape index (κ1) is 24.2. The molecule has 0 amide bonds. The maximum Gasteiger partial charge on any atom is 0.0606 e. The molecule has 1 aliphatic carbocycles. The van der Waals surface area contributed by atoms with Gasteiger partial charge in [0.25, 0.3) is 0 Å². The van der Waals surface area contributed by atoms with Crippen LogP contribution < -0.4 is 0 Å². The van der Waals surface area contributed by atoms with E-state index in [-0.39, 0.29) is 10.8 Å². The zero-order valence-corrected chi connectivity index (χ0v) is 25.0. The average Bonchev–Trinajstić information content (AvgIpc) is 3.54. The summed E-state index contributed by atoms with van der Waals surface area (Å²) in [6, 6.07) is 33.8. The van der Waals surface area contributed by atoms with Gasteiger partial charge in [-0.25, -0.2) is 0 Å². The molecule has 0 spiro atoms. The SMILES string of the molecule is CC(C)(C)c1ccc2c(c1)c1c3c(sc4ccccc43)c(Cl)cc1n2-c1ccc2c(c1)-c1ccccc1C2(C)C. The highest BCUT2D eigenvalue weighted by Gasteiger charge is 2.35. The fourth-order valence-corrected chi connectivity index (χ4v) is 8.38. The molecule has 3 heteroatoms. The van der Waals surface area contributed by atoms with E-state index >= 15 is 0 Å². The standard InChI is InChI=1S/C37H30ClNS/c1-36(2,3)21-14-17-30-26(18-21)33-31(20-29(38)35-34(33)24-11-7-9-13-32(24)40-35)39(30)22-15-16-28-25(19-22)23-10-6-8-12-27(23)37(28,4)5/h6-20H,1-5H3. The Bertz CT molecular complexity index is 2180. The monoisotopic (exact) mass is 555 g/mol. The minimum absolute atomic E-state index is 0.0159. The van der Waals surface area contributed by atoms with Crippen molar-refractivity contribution < 1.29 is 0 Å². The molecule has 5 aromatic carbocycles. The Morgan fingerprint density at radius 1 is 0.700 bits per heavy atom. The third-order valence-electron chi connectivity index (χ3n) is 9.02. The lowest BCUT2D eigenvalue weighted by atomic mass is 9.82. The Hall–Kier alpha value is -3.59. The quantitative estimate of drug-likeness (QED) is 0.190. The Morgan fingerprint density at radius 3 is 2.27 bits per heavy atom. The molecule has 196 valence electrons. The molecule has 0 N–H and O–H groups in total. The van der Waals surface area contributed by atoms with Crippen molar-refractivity contribution in [2.45, 2.75) is 45.4 Å². The highest BCUT2D eigenvalue weighted by atomic mass is 35.5. The van der Waals surface area contributed by atoms with Gasteiger partial charge in [-0.1, -0.05) is 101 Å². The van der Waals surface area contributed by atoms with Crippen LogP contribution in [0.15, 0.2) is 91.0 Å². The van der Waals surface area contributed by atoms with Gasteiger partial charge in [-0.15, -0.1) is 11.3 Å². The van der Waals surface area contributed by atoms with Crippen molar-refractivity contribution in [1.82, 2.24) is 4.57 Å². The zero-order valence-electron chi connectivity index (χ0n) is 23.4. The van der Waals surface area contributed by atoms with Crippen molar-refractivity contribution in [2.24, 2.45) is 0 Å². The number of halogens is 1. The molecule has 2 heterocycles. The first-order valence-electron chi connectivity index (χ1n) is 14.0. The first-order chi connectivity index (χ1) is 19.1. The lowest BCUT2D eigenvalue weighted by molar-refractivity contribution is 0.591. The number of fused-ring (bicyclic) bond motifs is 10. The number of benzene rings is 5. The topological polar surface area (TPSA) is 4.93 Å². The van der Waals surface area contributed by atoms with Crippen LogP contribution in [0, 0.1) is 0 Å². The third kappa shape index (κ3) is 3.15. The highest BCUT2D eigenvalue weighted by Crippen LogP contribution is 2.51. The zero-order chi connectivity index (χ0) is 27.6. The molecule has 40 heavy (non-hydrogen) atoms. The summed E-state index contributed by atoms with van der Waals surface area (Å²) in [5.41, 5.74) is 10.4. The van der Waals surface area contributed by atoms with Crippen LogP contribution in [-0.4, -0.2) is 4.57 Å². The number of hydrogen-bond acceptors (Lipinski definition) is 1. The summed E-state index contributed by atoms with van der Waals surface area (Å²) >= 11 is 8.89. The second kappa shape index (κ2) is 8.00. The van der Waals surface area contributed by atoms with E-state index in [1.807, 2.05) is 0 Å². The van der Waals surface area contributed by atoms with Gasteiger partial charge in [0.05, 0.1) is 20.8 Å². The summed E-state index contributed by atoms with van der Waals surface area (Å²) in [7, 11) is 0. The largest absolute Gasteiger partial charge is 0.309 e. The first-order valence-corrected chi connectivity index (χ1v) is 15.2. The number of aromatic nitrogens is 1. The average molecular weight is 556 g/mol. The number of nitrogens with zero attached hydrogens (tertiary/aromatic N) is 1. The number of hydrogen-bond donors (Lipinski definition) is 0. The molecule has 0 saturated carbocycles. The van der Waals surface area contributed by atoms with Crippen LogP contribution in [0.1, 0.15) is 51.3 Å². The summed E-state index contributed by atoms with van der Waals surface area (Å²) < 4.78 is 4.87. The molecule has 0 atom stereocenters. The Kier molecular flexibility index (Phi) is 4.84. The van der Waals surface area contributed by atoms with Crippen LogP contribution in [0.2, 0.25) is 5.02 Å². The van der Waals surface area contributed by atoms with Crippen molar-refractivity contribution >= 4 is 64.9 Å². The summed E-state index contributed by atoms with van der Waals surface area (Å²) in [5.74, 6) is 0. The van der Waals surface area contributed by atoms with E-state index in [4.69, 9.17) is 11.6 Å². The van der Waals surface area contributed by atoms with Gasteiger partial charge in [-0.3, -0.25) is 0 Å². The third-order valence-corrected chi connectivity index (χ3v) is 10.6. The molecule has 1 aliphatic rings. The van der Waals surface area contributed by atoms with Crippen molar-refractivity contribution in [3.63, 3.8) is 0 Å². The summed E-state index contributed by atoms with van der Waals surface area (Å²) in [6.07, 6.45) is 0. The van der Waals surface area contributed by atoms with Gasteiger partial charge in [0.1, 0.15) is 0 Å². The van der Waals surface area contributed by atoms with Gasteiger partial charge in [0.15, 0.2) is 0 Å². The second-order valence-electron chi connectivity index (χ2n) is 12.8. The van der Waals surface area contributed by atoms with E-state index in [0.717, 1.165) is 10.5 Å². The van der Waals surface area contributed by atoms with Crippen LogP contribution in [0.5, 0.6) is 0 Å². The second-order valence-corrected chi connectivity index (χ2v) is 14.2. The van der Waals surface area contributed by atoms with E-state index in [0.29, 0.717) is 0 Å². The maximum absolute atomic E-state index is 7.09. The Labute approximate surface area is 243 Å². The Balaban J connectivity index is 1.53. The summed E-state index contributed by atoms with van der Waals surface area (Å²) in [6.45, 7) is 11.5. The number of rotatable bonds is 1. The maximum atomic E-state index is 7.09. The lowest BCUT2D eigenvalue weighted by Crippen LogP contribution is -2.14. The van der Waals surface area contributed by atoms with Gasteiger partial charge in [-0.2, -0.15) is 0 Å². The van der Waals surface area contributed by atoms with Crippen molar-refractivity contribution in [1.29, 1.82) is 0 Å². The summed E-state index contributed by atoms with van der Waals surface area (Å²) in [4.78, 5) is 0. The molecule has 0 saturated heterocycles. The Morgan fingerprint density at radius 2 is 1.45 bits per heavy atom. The molecule has 0 radical (unpaired) electrons. The van der Waals surface area contributed by atoms with E-state index in [9.17, 15) is 0 Å². The van der Waals surface area contributed by atoms with Crippen LogP contribution in [0.3, 0.4) is 0 Å². The molecule has 8 rings (SSSR count). The molecule has 2 aromatic heterocycles. The van der Waals surface area contributed by atoms with E-state index in [1.165, 1.54) is 70.0 Å². The molecule has 0 unspecified atom stereocenters. The minimum atomic E-state index is -0.0159. The van der Waals surface area contributed by atoms with Gasteiger partial charge in [-0.05, 0) is 69.6 Å². The van der Waals surface area contributed by atoms with Crippen molar-refractivity contribution in [2.75, 3.05) is 0 Å². The molecular formula is C37H30ClNS. The predicted molar refractivity (Wildman–Crippen MR) is 175 cm³/mol. The fourth-order valence-electron chi connectivity index (χ4n) is 6.95. The van der Waals surface area contributed by atoms with Crippen LogP contribution in [0.25, 0.3) is 58.8 Å². The molecule has 0 fully saturated rings. The predicted octanol–water partition coefficient (Wildman–Crippen LogP) is 11.4. The molecule has 1 nitrogen and oxygen atoms in total. The number of thiophene rings is 1. The summed E-state index contributed by atoms with van der Waals surface area (Å²) in [5, 5.41) is 5.94. The van der Waals surface area contributed by atoms with Crippen LogP contribution in [0.4, 0.5) is 0 Å². The van der Waals surface area contributed by atoms with E-state index in [1.54, 1.807) is 11.3 Å². The van der Waals surface area contributed by atoms with Gasteiger partial charge in [0, 0.05) is 37.3 Å².